The second-order valence-electron chi connectivity index (χ2n) is 5.37. The summed E-state index contributed by atoms with van der Waals surface area (Å²) in [5.41, 5.74) is 8.00. The van der Waals surface area contributed by atoms with E-state index < -0.39 is 5.91 Å². The maximum Gasteiger partial charge on any atom is 0.250 e. The van der Waals surface area contributed by atoms with Crippen LogP contribution in [0.2, 0.25) is 0 Å². The van der Waals surface area contributed by atoms with Crippen LogP contribution in [0.5, 0.6) is 0 Å². The van der Waals surface area contributed by atoms with Gasteiger partial charge in [-0.05, 0) is 31.2 Å². The van der Waals surface area contributed by atoms with Crippen LogP contribution in [0.3, 0.4) is 0 Å². The maximum atomic E-state index is 12.3. The van der Waals surface area contributed by atoms with Crippen molar-refractivity contribution >= 4 is 40.3 Å². The zero-order chi connectivity index (χ0) is 17.8. The average molecular weight is 354 g/mol. The normalized spacial score (nSPS) is 10.8. The molecule has 0 saturated carbocycles. The lowest BCUT2D eigenvalue weighted by Crippen LogP contribution is -2.19. The molecule has 0 spiro atoms. The van der Waals surface area contributed by atoms with Gasteiger partial charge in [0.15, 0.2) is 5.16 Å². The number of aromatic nitrogens is 2. The van der Waals surface area contributed by atoms with Gasteiger partial charge in [0, 0.05) is 6.54 Å². The molecule has 0 aliphatic carbocycles. The number of fused-ring (bicyclic) bond motifs is 1. The zero-order valence-electron chi connectivity index (χ0n) is 13.7. The Morgan fingerprint density at radius 1 is 1.16 bits per heavy atom. The molecule has 0 fully saturated rings. The van der Waals surface area contributed by atoms with Crippen molar-refractivity contribution < 1.29 is 9.59 Å². The lowest BCUT2D eigenvalue weighted by molar-refractivity contribution is -0.113. The van der Waals surface area contributed by atoms with Crippen molar-refractivity contribution in [2.75, 3.05) is 11.1 Å². The second-order valence-corrected chi connectivity index (χ2v) is 6.32. The van der Waals surface area contributed by atoms with Crippen LogP contribution < -0.4 is 11.1 Å². The fraction of sp³-hybridized carbons (Fsp3) is 0.167. The highest BCUT2D eigenvalue weighted by atomic mass is 32.2. The number of nitrogens with zero attached hydrogens (tertiary/aromatic N) is 2. The Labute approximate surface area is 149 Å². The van der Waals surface area contributed by atoms with Crippen LogP contribution in [-0.2, 0) is 11.3 Å². The number of nitrogens with two attached hydrogens (primary N) is 1. The molecule has 3 N–H and O–H groups in total. The number of rotatable bonds is 6. The fourth-order valence-electron chi connectivity index (χ4n) is 2.59. The summed E-state index contributed by atoms with van der Waals surface area (Å²) in [5, 5.41) is 3.53. The molecule has 0 aliphatic heterocycles. The number of benzene rings is 2. The Bertz CT molecular complexity index is 936. The molecule has 1 heterocycles. The summed E-state index contributed by atoms with van der Waals surface area (Å²) in [6.45, 7) is 2.82. The zero-order valence-corrected chi connectivity index (χ0v) is 14.5. The van der Waals surface area contributed by atoms with Crippen LogP contribution >= 0.6 is 11.8 Å². The number of imidazole rings is 1. The number of hydrogen-bond acceptors (Lipinski definition) is 4. The minimum atomic E-state index is -0.573. The van der Waals surface area contributed by atoms with Crippen molar-refractivity contribution in [2.24, 2.45) is 5.73 Å². The molecule has 0 bridgehead atoms. The Hall–Kier alpha value is -2.80. The van der Waals surface area contributed by atoms with Crippen LogP contribution in [-0.4, -0.2) is 27.1 Å². The SMILES string of the molecule is CCn1c(SCC(=O)Nc2ccccc2C(N)=O)nc2ccccc21. The van der Waals surface area contributed by atoms with Crippen LogP contribution in [0.15, 0.2) is 53.7 Å². The highest BCUT2D eigenvalue weighted by molar-refractivity contribution is 7.99. The van der Waals surface area contributed by atoms with E-state index in [1.165, 1.54) is 11.8 Å². The van der Waals surface area contributed by atoms with Crippen molar-refractivity contribution in [3.63, 3.8) is 0 Å². The van der Waals surface area contributed by atoms with E-state index in [4.69, 9.17) is 5.73 Å². The number of thioether (sulfide) groups is 1. The van der Waals surface area contributed by atoms with Gasteiger partial charge in [-0.25, -0.2) is 4.98 Å². The lowest BCUT2D eigenvalue weighted by Gasteiger charge is -2.09. The molecule has 1 aromatic heterocycles. The number of anilines is 1. The molecule has 0 unspecified atom stereocenters. The number of carbonyl (C=O) groups is 2. The highest BCUT2D eigenvalue weighted by Gasteiger charge is 2.14. The van der Waals surface area contributed by atoms with Gasteiger partial charge in [0.05, 0.1) is 28.0 Å². The van der Waals surface area contributed by atoms with Gasteiger partial charge in [-0.2, -0.15) is 0 Å². The minimum Gasteiger partial charge on any atom is -0.366 e. The molecule has 25 heavy (non-hydrogen) atoms. The molecular weight excluding hydrogens is 336 g/mol. The summed E-state index contributed by atoms with van der Waals surface area (Å²) in [7, 11) is 0. The summed E-state index contributed by atoms with van der Waals surface area (Å²) in [6, 6.07) is 14.6. The van der Waals surface area contributed by atoms with E-state index in [1.54, 1.807) is 24.3 Å². The number of amides is 2. The first kappa shape index (κ1) is 17.0. The van der Waals surface area contributed by atoms with E-state index in [-0.39, 0.29) is 11.7 Å². The Morgan fingerprint density at radius 3 is 2.64 bits per heavy atom. The summed E-state index contributed by atoms with van der Waals surface area (Å²) in [4.78, 5) is 28.3. The third kappa shape index (κ3) is 3.66. The predicted octanol–water partition coefficient (Wildman–Crippen LogP) is 2.89. The molecule has 3 aromatic rings. The van der Waals surface area contributed by atoms with E-state index >= 15 is 0 Å². The van der Waals surface area contributed by atoms with Crippen LogP contribution in [0.1, 0.15) is 17.3 Å². The Kier molecular flexibility index (Phi) is 5.04. The maximum absolute atomic E-state index is 12.3. The molecule has 2 amide bonds. The van der Waals surface area contributed by atoms with E-state index in [2.05, 4.69) is 14.9 Å². The second kappa shape index (κ2) is 7.40. The highest BCUT2D eigenvalue weighted by Crippen LogP contribution is 2.24. The van der Waals surface area contributed by atoms with Crippen molar-refractivity contribution in [3.05, 3.63) is 54.1 Å². The van der Waals surface area contributed by atoms with Gasteiger partial charge in [-0.15, -0.1) is 0 Å². The Morgan fingerprint density at radius 2 is 1.88 bits per heavy atom. The topological polar surface area (TPSA) is 90.0 Å². The third-order valence-corrected chi connectivity index (χ3v) is 4.71. The predicted molar refractivity (Wildman–Crippen MR) is 99.7 cm³/mol. The van der Waals surface area contributed by atoms with Crippen molar-refractivity contribution in [2.45, 2.75) is 18.6 Å². The quantitative estimate of drug-likeness (QED) is 0.666. The number of aryl methyl sites for hydroxylation is 1. The molecule has 0 saturated heterocycles. The molecule has 128 valence electrons. The number of primary amides is 1. The summed E-state index contributed by atoms with van der Waals surface area (Å²) >= 11 is 1.36. The number of hydrogen-bond donors (Lipinski definition) is 2. The summed E-state index contributed by atoms with van der Waals surface area (Å²) in [6.07, 6.45) is 0. The first-order valence-electron chi connectivity index (χ1n) is 7.87. The van der Waals surface area contributed by atoms with Gasteiger partial charge in [-0.1, -0.05) is 36.0 Å². The molecule has 0 atom stereocenters. The number of nitrogens with one attached hydrogen (secondary N) is 1. The molecule has 3 rings (SSSR count). The van der Waals surface area contributed by atoms with Gasteiger partial charge >= 0.3 is 0 Å². The number of carbonyl (C=O) groups excluding carboxylic acids is 2. The van der Waals surface area contributed by atoms with Gasteiger partial charge in [0.1, 0.15) is 0 Å². The van der Waals surface area contributed by atoms with Gasteiger partial charge in [0.2, 0.25) is 5.91 Å². The average Bonchev–Trinajstić information content (AvgIpc) is 2.97. The van der Waals surface area contributed by atoms with Gasteiger partial charge < -0.3 is 15.6 Å². The summed E-state index contributed by atoms with van der Waals surface area (Å²) < 4.78 is 2.07. The molecule has 0 radical (unpaired) electrons. The largest absolute Gasteiger partial charge is 0.366 e. The third-order valence-electron chi connectivity index (χ3n) is 3.73. The van der Waals surface area contributed by atoms with E-state index in [9.17, 15) is 9.59 Å². The van der Waals surface area contributed by atoms with Gasteiger partial charge in [0.25, 0.3) is 5.91 Å². The van der Waals surface area contributed by atoms with Crippen LogP contribution in [0.25, 0.3) is 11.0 Å². The fourth-order valence-corrected chi connectivity index (χ4v) is 3.47. The van der Waals surface area contributed by atoms with Crippen LogP contribution in [0.4, 0.5) is 5.69 Å². The number of para-hydroxylation sites is 3. The standard InChI is InChI=1S/C18H18N4O2S/c1-2-22-15-10-6-5-9-14(15)21-18(22)25-11-16(23)20-13-8-4-3-7-12(13)17(19)24/h3-10H,2,11H2,1H3,(H2,19,24)(H,20,23). The monoisotopic (exact) mass is 354 g/mol. The first-order valence-corrected chi connectivity index (χ1v) is 8.85. The van der Waals surface area contributed by atoms with Crippen LogP contribution in [0, 0.1) is 0 Å². The van der Waals surface area contributed by atoms with Crippen molar-refractivity contribution in [1.82, 2.24) is 9.55 Å². The van der Waals surface area contributed by atoms with E-state index in [0.717, 1.165) is 22.7 Å². The molecule has 6 nitrogen and oxygen atoms in total. The van der Waals surface area contributed by atoms with Crippen molar-refractivity contribution in [1.29, 1.82) is 0 Å². The van der Waals surface area contributed by atoms with E-state index in [0.29, 0.717) is 11.3 Å². The van der Waals surface area contributed by atoms with Crippen molar-refractivity contribution in [3.8, 4) is 0 Å². The lowest BCUT2D eigenvalue weighted by atomic mass is 10.1. The molecule has 2 aromatic carbocycles. The molecule has 0 aliphatic rings. The smallest absolute Gasteiger partial charge is 0.250 e. The first-order chi connectivity index (χ1) is 12.1. The summed E-state index contributed by atoms with van der Waals surface area (Å²) in [5.74, 6) is -0.596. The molecule has 7 heteroatoms. The molecular formula is C18H18N4O2S. The van der Waals surface area contributed by atoms with Gasteiger partial charge in [-0.3, -0.25) is 9.59 Å². The Balaban J connectivity index is 1.72. The minimum absolute atomic E-state index is 0.191. The van der Waals surface area contributed by atoms with E-state index in [1.807, 2.05) is 31.2 Å².